The van der Waals surface area contributed by atoms with Crippen LogP contribution in [-0.4, -0.2) is 11.2 Å². The number of allylic oxidation sites excluding steroid dienone is 3. The van der Waals surface area contributed by atoms with E-state index in [4.69, 9.17) is 9.68 Å². The van der Waals surface area contributed by atoms with Crippen molar-refractivity contribution in [1.29, 1.82) is 0 Å². The molecular formula is C21H29NO3. The van der Waals surface area contributed by atoms with E-state index < -0.39 is 0 Å². The molecule has 4 nitrogen and oxygen atoms in total. The fourth-order valence-corrected chi connectivity index (χ4v) is 4.10. The van der Waals surface area contributed by atoms with E-state index in [2.05, 4.69) is 23.9 Å². The first-order valence-corrected chi connectivity index (χ1v) is 9.35. The van der Waals surface area contributed by atoms with Gasteiger partial charge in [0.1, 0.15) is 11.5 Å². The molecule has 0 radical (unpaired) electrons. The molecule has 2 aliphatic rings. The third kappa shape index (κ3) is 4.25. The molecule has 0 spiro atoms. The summed E-state index contributed by atoms with van der Waals surface area (Å²) in [5.41, 5.74) is 4.06. The predicted molar refractivity (Wildman–Crippen MR) is 99.1 cm³/mol. The molecule has 2 N–H and O–H groups in total. The van der Waals surface area contributed by atoms with Gasteiger partial charge in [-0.05, 0) is 74.5 Å². The van der Waals surface area contributed by atoms with Crippen LogP contribution in [0.15, 0.2) is 48.3 Å². The molecule has 1 fully saturated rings. The van der Waals surface area contributed by atoms with Gasteiger partial charge in [-0.1, -0.05) is 37.5 Å². The number of benzene rings is 1. The highest BCUT2D eigenvalue weighted by Crippen LogP contribution is 2.48. The minimum absolute atomic E-state index is 0.0624. The zero-order valence-electron chi connectivity index (χ0n) is 15.2. The van der Waals surface area contributed by atoms with Crippen molar-refractivity contribution in [3.8, 4) is 5.75 Å². The van der Waals surface area contributed by atoms with E-state index in [1.165, 1.54) is 37.7 Å². The second-order valence-corrected chi connectivity index (χ2v) is 7.42. The SMILES string of the molecule is CC(C)ONOc1ccc(C2(C3C=CC(O)=CC3)CCCCC2)cc1. The Morgan fingerprint density at radius 1 is 1.12 bits per heavy atom. The van der Waals surface area contributed by atoms with Crippen LogP contribution in [0.3, 0.4) is 0 Å². The van der Waals surface area contributed by atoms with Gasteiger partial charge < -0.3 is 9.94 Å². The van der Waals surface area contributed by atoms with Gasteiger partial charge in [0.2, 0.25) is 0 Å². The molecule has 1 aromatic rings. The first kappa shape index (κ1) is 18.0. The number of aliphatic hydroxyl groups is 1. The Morgan fingerprint density at radius 2 is 1.84 bits per heavy atom. The van der Waals surface area contributed by atoms with Crippen LogP contribution in [0, 0.1) is 5.92 Å². The Labute approximate surface area is 150 Å². The number of hydrogen-bond acceptors (Lipinski definition) is 4. The Morgan fingerprint density at radius 3 is 2.44 bits per heavy atom. The summed E-state index contributed by atoms with van der Waals surface area (Å²) >= 11 is 0. The van der Waals surface area contributed by atoms with Crippen molar-refractivity contribution < 1.29 is 14.8 Å². The van der Waals surface area contributed by atoms with E-state index in [0.29, 0.717) is 11.7 Å². The molecule has 1 atom stereocenters. The van der Waals surface area contributed by atoms with Crippen molar-refractivity contribution in [1.82, 2.24) is 5.64 Å². The van der Waals surface area contributed by atoms with Gasteiger partial charge in [0.15, 0.2) is 0 Å². The largest absolute Gasteiger partial charge is 0.508 e. The predicted octanol–water partition coefficient (Wildman–Crippen LogP) is 5.13. The summed E-state index contributed by atoms with van der Waals surface area (Å²) in [5.74, 6) is 1.58. The van der Waals surface area contributed by atoms with Gasteiger partial charge in [0.05, 0.1) is 6.10 Å². The third-order valence-corrected chi connectivity index (χ3v) is 5.41. The van der Waals surface area contributed by atoms with Gasteiger partial charge in [-0.15, -0.1) is 0 Å². The number of hydrogen-bond donors (Lipinski definition) is 2. The summed E-state index contributed by atoms with van der Waals surface area (Å²) in [4.78, 5) is 10.6. The number of aliphatic hydroxyl groups excluding tert-OH is 1. The van der Waals surface area contributed by atoms with Gasteiger partial charge in [0, 0.05) is 5.41 Å². The molecule has 0 heterocycles. The van der Waals surface area contributed by atoms with Crippen molar-refractivity contribution in [2.24, 2.45) is 5.92 Å². The summed E-state index contributed by atoms with van der Waals surface area (Å²) in [6, 6.07) is 8.37. The van der Waals surface area contributed by atoms with Crippen molar-refractivity contribution in [3.63, 3.8) is 0 Å². The Hall–Kier alpha value is -1.78. The van der Waals surface area contributed by atoms with Gasteiger partial charge in [0.25, 0.3) is 0 Å². The van der Waals surface area contributed by atoms with Crippen LogP contribution in [0.2, 0.25) is 0 Å². The Balaban J connectivity index is 1.76. The second kappa shape index (κ2) is 8.07. The van der Waals surface area contributed by atoms with Crippen LogP contribution in [0.25, 0.3) is 0 Å². The molecule has 1 aromatic carbocycles. The van der Waals surface area contributed by atoms with Crippen molar-refractivity contribution in [3.05, 3.63) is 53.8 Å². The van der Waals surface area contributed by atoms with Gasteiger partial charge in [-0.25, -0.2) is 0 Å². The van der Waals surface area contributed by atoms with E-state index in [-0.39, 0.29) is 11.5 Å². The van der Waals surface area contributed by atoms with Gasteiger partial charge >= 0.3 is 0 Å². The van der Waals surface area contributed by atoms with Crippen molar-refractivity contribution in [2.75, 3.05) is 0 Å². The van der Waals surface area contributed by atoms with E-state index in [9.17, 15) is 5.11 Å². The molecule has 4 heteroatoms. The molecule has 0 aromatic heterocycles. The monoisotopic (exact) mass is 343 g/mol. The van der Waals surface area contributed by atoms with E-state index in [0.717, 1.165) is 12.2 Å². The second-order valence-electron chi connectivity index (χ2n) is 7.42. The van der Waals surface area contributed by atoms with Gasteiger partial charge in [-0.2, -0.15) is 0 Å². The van der Waals surface area contributed by atoms with E-state index >= 15 is 0 Å². The van der Waals surface area contributed by atoms with Crippen LogP contribution in [0.5, 0.6) is 5.75 Å². The fourth-order valence-electron chi connectivity index (χ4n) is 4.10. The number of nitrogens with one attached hydrogen (secondary N) is 1. The summed E-state index contributed by atoms with van der Waals surface area (Å²) in [7, 11) is 0. The maximum absolute atomic E-state index is 9.68. The quantitative estimate of drug-likeness (QED) is 0.703. The van der Waals surface area contributed by atoms with Gasteiger partial charge in [-0.3, -0.25) is 4.84 Å². The minimum atomic E-state index is 0.0624. The first-order chi connectivity index (χ1) is 12.1. The minimum Gasteiger partial charge on any atom is -0.508 e. The van der Waals surface area contributed by atoms with Crippen LogP contribution in [-0.2, 0) is 10.3 Å². The van der Waals surface area contributed by atoms with Crippen molar-refractivity contribution in [2.45, 2.75) is 63.9 Å². The lowest BCUT2D eigenvalue weighted by molar-refractivity contribution is -0.133. The molecular weight excluding hydrogens is 314 g/mol. The van der Waals surface area contributed by atoms with Crippen LogP contribution < -0.4 is 10.5 Å². The average Bonchev–Trinajstić information content (AvgIpc) is 2.63. The highest BCUT2D eigenvalue weighted by molar-refractivity contribution is 5.36. The van der Waals surface area contributed by atoms with Crippen LogP contribution in [0.4, 0.5) is 0 Å². The summed E-state index contributed by atoms with van der Waals surface area (Å²) in [5, 5.41) is 9.68. The van der Waals surface area contributed by atoms with E-state index in [1.807, 2.05) is 38.1 Å². The van der Waals surface area contributed by atoms with Crippen LogP contribution in [0.1, 0.15) is 57.9 Å². The molecule has 1 saturated carbocycles. The first-order valence-electron chi connectivity index (χ1n) is 9.35. The zero-order chi connectivity index (χ0) is 17.7. The molecule has 0 amide bonds. The number of rotatable bonds is 6. The molecule has 25 heavy (non-hydrogen) atoms. The lowest BCUT2D eigenvalue weighted by atomic mass is 9.60. The lowest BCUT2D eigenvalue weighted by Gasteiger charge is -2.44. The van der Waals surface area contributed by atoms with Crippen LogP contribution >= 0.6 is 0 Å². The highest BCUT2D eigenvalue weighted by atomic mass is 16.9. The third-order valence-electron chi connectivity index (χ3n) is 5.41. The molecule has 0 saturated heterocycles. The zero-order valence-corrected chi connectivity index (χ0v) is 15.2. The summed E-state index contributed by atoms with van der Waals surface area (Å²) in [6.45, 7) is 3.88. The highest BCUT2D eigenvalue weighted by Gasteiger charge is 2.40. The maximum Gasteiger partial charge on any atom is 0.150 e. The molecule has 3 rings (SSSR count). The smallest absolute Gasteiger partial charge is 0.150 e. The lowest BCUT2D eigenvalue weighted by Crippen LogP contribution is -2.37. The summed E-state index contributed by atoms with van der Waals surface area (Å²) in [6.07, 6.45) is 13.2. The Bertz CT molecular complexity index is 613. The van der Waals surface area contributed by atoms with Crippen molar-refractivity contribution >= 4 is 0 Å². The molecule has 136 valence electrons. The average molecular weight is 343 g/mol. The molecule has 1 unspecified atom stereocenters. The summed E-state index contributed by atoms with van der Waals surface area (Å²) < 4.78 is 0. The topological polar surface area (TPSA) is 50.7 Å². The molecule has 0 bridgehead atoms. The maximum atomic E-state index is 9.68. The standard InChI is InChI=1S/C21H29NO3/c1-16(2)24-22-25-20-12-8-18(9-13-20)21(14-4-3-5-15-21)17-6-10-19(23)11-7-17/h6,8-13,16-17,22-23H,3-5,7,14-15H2,1-2H3. The van der Waals surface area contributed by atoms with E-state index in [1.54, 1.807) is 0 Å². The Kier molecular flexibility index (Phi) is 5.82. The molecule has 0 aliphatic heterocycles. The fraction of sp³-hybridized carbons (Fsp3) is 0.524. The molecule has 2 aliphatic carbocycles. The normalized spacial score (nSPS) is 22.7.